The molecule has 0 aliphatic heterocycles. The van der Waals surface area contributed by atoms with Crippen molar-refractivity contribution in [2.45, 2.75) is 26.4 Å². The van der Waals surface area contributed by atoms with E-state index in [1.807, 2.05) is 13.8 Å². The molecule has 0 atom stereocenters. The lowest BCUT2D eigenvalue weighted by Gasteiger charge is -2.15. The first-order valence-corrected chi connectivity index (χ1v) is 7.78. The van der Waals surface area contributed by atoms with E-state index in [1.165, 1.54) is 6.07 Å². The second-order valence-electron chi connectivity index (χ2n) is 4.93. The third-order valence-corrected chi connectivity index (χ3v) is 3.72. The maximum Gasteiger partial charge on any atom is 0.166 e. The normalized spacial score (nSPS) is 11.0. The largest absolute Gasteiger partial charge is 0.454 e. The minimum Gasteiger partial charge on any atom is -0.454 e. The van der Waals surface area contributed by atoms with Crippen molar-refractivity contribution in [3.63, 3.8) is 0 Å². The Morgan fingerprint density at radius 3 is 2.67 bits per heavy atom. The predicted octanol–water partition coefficient (Wildman–Crippen LogP) is 5.53. The molecule has 0 amide bonds. The van der Waals surface area contributed by atoms with Crippen LogP contribution in [0.4, 0.5) is 4.39 Å². The summed E-state index contributed by atoms with van der Waals surface area (Å²) in [6.45, 7) is 4.66. The van der Waals surface area contributed by atoms with Crippen LogP contribution in [0.1, 0.15) is 19.4 Å². The number of hydrogen-bond donors (Lipinski definition) is 1. The standard InChI is InChI=1S/C16H16BrClFNO/c1-10(2)20-9-12-13(18)4-3-5-15(12)21-16-7-6-11(17)8-14(16)19/h3-8,10,20H,9H2,1-2H3. The van der Waals surface area contributed by atoms with Crippen molar-refractivity contribution in [1.82, 2.24) is 5.32 Å². The van der Waals surface area contributed by atoms with Crippen LogP contribution in [0.25, 0.3) is 0 Å². The van der Waals surface area contributed by atoms with E-state index in [-0.39, 0.29) is 5.75 Å². The Morgan fingerprint density at radius 2 is 2.00 bits per heavy atom. The monoisotopic (exact) mass is 371 g/mol. The third kappa shape index (κ3) is 4.43. The van der Waals surface area contributed by atoms with Gasteiger partial charge in [0.05, 0.1) is 0 Å². The lowest BCUT2D eigenvalue weighted by molar-refractivity contribution is 0.434. The molecule has 0 saturated heterocycles. The number of halogens is 3. The molecule has 0 heterocycles. The summed E-state index contributed by atoms with van der Waals surface area (Å²) >= 11 is 9.44. The Labute approximate surface area is 137 Å². The van der Waals surface area contributed by atoms with Gasteiger partial charge >= 0.3 is 0 Å². The summed E-state index contributed by atoms with van der Waals surface area (Å²) in [5, 5.41) is 3.88. The van der Waals surface area contributed by atoms with Gasteiger partial charge in [-0.25, -0.2) is 4.39 Å². The van der Waals surface area contributed by atoms with E-state index in [2.05, 4.69) is 21.2 Å². The molecule has 112 valence electrons. The van der Waals surface area contributed by atoms with Crippen LogP contribution < -0.4 is 10.1 Å². The Hall–Kier alpha value is -1.10. The van der Waals surface area contributed by atoms with Crippen molar-refractivity contribution in [2.75, 3.05) is 0 Å². The molecule has 21 heavy (non-hydrogen) atoms. The maximum atomic E-state index is 13.9. The van der Waals surface area contributed by atoms with Crippen LogP contribution in [-0.2, 0) is 6.54 Å². The van der Waals surface area contributed by atoms with Gasteiger partial charge in [-0.1, -0.05) is 47.4 Å². The number of hydrogen-bond acceptors (Lipinski definition) is 2. The molecule has 0 saturated carbocycles. The average Bonchev–Trinajstić information content (AvgIpc) is 2.41. The van der Waals surface area contributed by atoms with Crippen LogP contribution in [0.5, 0.6) is 11.5 Å². The molecule has 2 aromatic carbocycles. The molecule has 2 nitrogen and oxygen atoms in total. The summed E-state index contributed by atoms with van der Waals surface area (Å²) in [5.74, 6) is 0.301. The van der Waals surface area contributed by atoms with Gasteiger partial charge in [0.15, 0.2) is 11.6 Å². The third-order valence-electron chi connectivity index (χ3n) is 2.88. The first-order chi connectivity index (χ1) is 9.97. The first kappa shape index (κ1) is 16.3. The van der Waals surface area contributed by atoms with Crippen molar-refractivity contribution in [1.29, 1.82) is 0 Å². The van der Waals surface area contributed by atoms with Gasteiger partial charge in [0.25, 0.3) is 0 Å². The van der Waals surface area contributed by atoms with Crippen molar-refractivity contribution < 1.29 is 9.13 Å². The molecular formula is C16H16BrClFNO. The highest BCUT2D eigenvalue weighted by atomic mass is 79.9. The zero-order valence-corrected chi connectivity index (χ0v) is 14.1. The summed E-state index contributed by atoms with van der Waals surface area (Å²) in [5.41, 5.74) is 0.815. The van der Waals surface area contributed by atoms with Gasteiger partial charge in [-0.15, -0.1) is 0 Å². The highest BCUT2D eigenvalue weighted by Crippen LogP contribution is 2.32. The van der Waals surface area contributed by atoms with E-state index < -0.39 is 5.82 Å². The summed E-state index contributed by atoms with van der Waals surface area (Å²) < 4.78 is 20.2. The molecule has 2 rings (SSSR count). The Balaban J connectivity index is 2.28. The van der Waals surface area contributed by atoms with Crippen molar-refractivity contribution in [2.24, 2.45) is 0 Å². The number of ether oxygens (including phenoxy) is 1. The Kier molecular flexibility index (Phi) is 5.62. The highest BCUT2D eigenvalue weighted by molar-refractivity contribution is 9.10. The Morgan fingerprint density at radius 1 is 1.24 bits per heavy atom. The summed E-state index contributed by atoms with van der Waals surface area (Å²) in [7, 11) is 0. The van der Waals surface area contributed by atoms with Gasteiger partial charge in [0.1, 0.15) is 5.75 Å². The lowest BCUT2D eigenvalue weighted by Crippen LogP contribution is -2.22. The van der Waals surface area contributed by atoms with E-state index in [0.29, 0.717) is 27.8 Å². The molecule has 0 fully saturated rings. The minimum atomic E-state index is -0.424. The zero-order valence-electron chi connectivity index (χ0n) is 11.8. The van der Waals surface area contributed by atoms with Crippen molar-refractivity contribution in [3.8, 4) is 11.5 Å². The molecule has 0 bridgehead atoms. The van der Waals surface area contributed by atoms with E-state index in [4.69, 9.17) is 16.3 Å². The molecule has 0 aliphatic rings. The van der Waals surface area contributed by atoms with E-state index >= 15 is 0 Å². The van der Waals surface area contributed by atoms with E-state index in [0.717, 1.165) is 5.56 Å². The second-order valence-corrected chi connectivity index (χ2v) is 6.25. The molecule has 2 aromatic rings. The average molecular weight is 373 g/mol. The van der Waals surface area contributed by atoms with Gasteiger partial charge in [-0.05, 0) is 30.3 Å². The van der Waals surface area contributed by atoms with Gasteiger partial charge in [0, 0.05) is 27.6 Å². The molecule has 0 aliphatic carbocycles. The fourth-order valence-corrected chi connectivity index (χ4v) is 2.35. The second kappa shape index (κ2) is 7.25. The molecule has 0 spiro atoms. The van der Waals surface area contributed by atoms with E-state index in [1.54, 1.807) is 30.3 Å². The SMILES string of the molecule is CC(C)NCc1c(Cl)cccc1Oc1ccc(Br)cc1F. The van der Waals surface area contributed by atoms with Gasteiger partial charge in [0.2, 0.25) is 0 Å². The summed E-state index contributed by atoms with van der Waals surface area (Å²) in [4.78, 5) is 0. The maximum absolute atomic E-state index is 13.9. The topological polar surface area (TPSA) is 21.3 Å². The van der Waals surface area contributed by atoms with E-state index in [9.17, 15) is 4.39 Å². The fourth-order valence-electron chi connectivity index (χ4n) is 1.79. The molecule has 1 N–H and O–H groups in total. The van der Waals surface area contributed by atoms with Crippen LogP contribution in [0.15, 0.2) is 40.9 Å². The smallest absolute Gasteiger partial charge is 0.166 e. The molecular weight excluding hydrogens is 357 g/mol. The van der Waals surface area contributed by atoms with Gasteiger partial charge < -0.3 is 10.1 Å². The summed E-state index contributed by atoms with van der Waals surface area (Å²) in [6.07, 6.45) is 0. The van der Waals surface area contributed by atoms with Crippen LogP contribution in [-0.4, -0.2) is 6.04 Å². The molecule has 5 heteroatoms. The van der Waals surface area contributed by atoms with Crippen molar-refractivity contribution in [3.05, 3.63) is 57.3 Å². The van der Waals surface area contributed by atoms with Crippen LogP contribution in [0.2, 0.25) is 5.02 Å². The Bertz CT molecular complexity index is 634. The van der Waals surface area contributed by atoms with Gasteiger partial charge in [-0.3, -0.25) is 0 Å². The van der Waals surface area contributed by atoms with Gasteiger partial charge in [-0.2, -0.15) is 0 Å². The summed E-state index contributed by atoms with van der Waals surface area (Å²) in [6, 6.07) is 10.4. The minimum absolute atomic E-state index is 0.172. The molecule has 0 radical (unpaired) electrons. The number of benzene rings is 2. The first-order valence-electron chi connectivity index (χ1n) is 6.61. The van der Waals surface area contributed by atoms with Crippen molar-refractivity contribution >= 4 is 27.5 Å². The molecule has 0 unspecified atom stereocenters. The van der Waals surface area contributed by atoms with Crippen LogP contribution in [0.3, 0.4) is 0 Å². The van der Waals surface area contributed by atoms with Crippen LogP contribution in [0, 0.1) is 5.82 Å². The van der Waals surface area contributed by atoms with Crippen LogP contribution >= 0.6 is 27.5 Å². The fraction of sp³-hybridized carbons (Fsp3) is 0.250. The number of nitrogens with one attached hydrogen (secondary N) is 1. The highest BCUT2D eigenvalue weighted by Gasteiger charge is 2.12. The quantitative estimate of drug-likeness (QED) is 0.745. The lowest BCUT2D eigenvalue weighted by atomic mass is 10.2. The number of rotatable bonds is 5. The predicted molar refractivity (Wildman–Crippen MR) is 87.6 cm³/mol. The molecule has 0 aromatic heterocycles. The zero-order chi connectivity index (χ0) is 15.4.